The zero-order valence-electron chi connectivity index (χ0n) is 14.5. The Labute approximate surface area is 146 Å². The minimum absolute atomic E-state index is 0.271. The zero-order valence-corrected chi connectivity index (χ0v) is 14.5. The Kier molecular flexibility index (Phi) is 5.13. The van der Waals surface area contributed by atoms with E-state index in [-0.39, 0.29) is 17.6 Å². The maximum absolute atomic E-state index is 12.0. The van der Waals surface area contributed by atoms with Gasteiger partial charge in [0.05, 0.1) is 11.6 Å². The first kappa shape index (κ1) is 17.5. The van der Waals surface area contributed by atoms with Gasteiger partial charge in [0.25, 0.3) is 0 Å². The van der Waals surface area contributed by atoms with E-state index in [1.54, 1.807) is 6.07 Å². The first-order valence-electron chi connectivity index (χ1n) is 8.78. The van der Waals surface area contributed by atoms with Crippen molar-refractivity contribution in [1.29, 1.82) is 0 Å². The molecule has 1 aromatic heterocycles. The summed E-state index contributed by atoms with van der Waals surface area (Å²) in [6.07, 6.45) is 3.43. The highest BCUT2D eigenvalue weighted by Gasteiger charge is 2.35. The summed E-state index contributed by atoms with van der Waals surface area (Å²) >= 11 is 0. The van der Waals surface area contributed by atoms with Gasteiger partial charge in [-0.2, -0.15) is 0 Å². The molecule has 1 heterocycles. The van der Waals surface area contributed by atoms with E-state index in [0.717, 1.165) is 25.7 Å². The molecule has 0 radical (unpaired) electrons. The third-order valence-electron chi connectivity index (χ3n) is 5.13. The molecule has 1 saturated carbocycles. The van der Waals surface area contributed by atoms with E-state index in [9.17, 15) is 14.7 Å². The molecule has 2 aromatic rings. The fraction of sp³-hybridized carbons (Fsp3) is 0.556. The molecule has 7 nitrogen and oxygen atoms in total. The summed E-state index contributed by atoms with van der Waals surface area (Å²) in [5, 5.41) is 15.7. The molecule has 0 spiro atoms. The van der Waals surface area contributed by atoms with E-state index in [1.807, 2.05) is 25.1 Å². The van der Waals surface area contributed by atoms with Crippen LogP contribution in [0.25, 0.3) is 11.1 Å². The summed E-state index contributed by atoms with van der Waals surface area (Å²) in [7, 11) is 0. The number of urea groups is 1. The molecule has 3 rings (SSSR count). The molecule has 1 aromatic carbocycles. The van der Waals surface area contributed by atoms with Gasteiger partial charge in [0.1, 0.15) is 0 Å². The van der Waals surface area contributed by atoms with Gasteiger partial charge in [-0.3, -0.25) is 4.57 Å². The standard InChI is InChI=1S/C18H25N3O4/c1-18(9-5-4-8-15(18)22)12-20-16(23)19-10-11-21-13-6-2-3-7-14(13)25-17(21)24/h2-3,6-7,15,22H,4-5,8-12H2,1H3,(H2,19,20,23). The van der Waals surface area contributed by atoms with Crippen LogP contribution in [0.2, 0.25) is 0 Å². The summed E-state index contributed by atoms with van der Waals surface area (Å²) in [5.41, 5.74) is 0.983. The van der Waals surface area contributed by atoms with E-state index in [2.05, 4.69) is 10.6 Å². The quantitative estimate of drug-likeness (QED) is 0.769. The van der Waals surface area contributed by atoms with Gasteiger partial charge in [0.15, 0.2) is 5.58 Å². The number of hydrogen-bond acceptors (Lipinski definition) is 4. The second-order valence-electron chi connectivity index (χ2n) is 7.01. The Morgan fingerprint density at radius 1 is 1.36 bits per heavy atom. The normalized spacial score (nSPS) is 23.5. The second kappa shape index (κ2) is 7.31. The van der Waals surface area contributed by atoms with Crippen molar-refractivity contribution >= 4 is 17.1 Å². The maximum Gasteiger partial charge on any atom is 0.420 e. The summed E-state index contributed by atoms with van der Waals surface area (Å²) in [6.45, 7) is 3.10. The highest BCUT2D eigenvalue weighted by molar-refractivity contribution is 5.74. The van der Waals surface area contributed by atoms with Crippen LogP contribution < -0.4 is 16.4 Å². The minimum atomic E-state index is -0.429. The Hall–Kier alpha value is -2.28. The van der Waals surface area contributed by atoms with Crippen molar-refractivity contribution in [3.05, 3.63) is 34.8 Å². The van der Waals surface area contributed by atoms with Crippen molar-refractivity contribution in [3.63, 3.8) is 0 Å². The fourth-order valence-electron chi connectivity index (χ4n) is 3.44. The Morgan fingerprint density at radius 2 is 2.16 bits per heavy atom. The lowest BCUT2D eigenvalue weighted by molar-refractivity contribution is 0.00309. The molecule has 2 unspecified atom stereocenters. The average Bonchev–Trinajstić information content (AvgIpc) is 2.92. The van der Waals surface area contributed by atoms with Crippen LogP contribution in [-0.4, -0.2) is 34.9 Å². The van der Waals surface area contributed by atoms with Crippen molar-refractivity contribution in [3.8, 4) is 0 Å². The number of para-hydroxylation sites is 2. The zero-order chi connectivity index (χ0) is 17.9. The first-order chi connectivity index (χ1) is 12.0. The van der Waals surface area contributed by atoms with Crippen LogP contribution in [-0.2, 0) is 6.54 Å². The molecule has 1 aliphatic carbocycles. The summed E-state index contributed by atoms with van der Waals surface area (Å²) in [4.78, 5) is 23.9. The van der Waals surface area contributed by atoms with Crippen molar-refractivity contribution in [1.82, 2.24) is 15.2 Å². The van der Waals surface area contributed by atoms with Crippen molar-refractivity contribution in [2.45, 2.75) is 45.3 Å². The van der Waals surface area contributed by atoms with E-state index >= 15 is 0 Å². The molecule has 2 amide bonds. The molecule has 25 heavy (non-hydrogen) atoms. The monoisotopic (exact) mass is 347 g/mol. The van der Waals surface area contributed by atoms with Gasteiger partial charge >= 0.3 is 11.8 Å². The van der Waals surface area contributed by atoms with Crippen LogP contribution in [0.5, 0.6) is 0 Å². The van der Waals surface area contributed by atoms with Gasteiger partial charge in [0, 0.05) is 25.0 Å². The fourth-order valence-corrected chi connectivity index (χ4v) is 3.44. The smallest absolute Gasteiger partial charge is 0.408 e. The topological polar surface area (TPSA) is 96.5 Å². The lowest BCUT2D eigenvalue weighted by Crippen LogP contribution is -2.48. The Morgan fingerprint density at radius 3 is 2.96 bits per heavy atom. The van der Waals surface area contributed by atoms with Crippen molar-refractivity contribution in [2.75, 3.05) is 13.1 Å². The van der Waals surface area contributed by atoms with Gasteiger partial charge < -0.3 is 20.2 Å². The number of aliphatic hydroxyl groups is 1. The average molecular weight is 347 g/mol. The van der Waals surface area contributed by atoms with E-state index in [1.165, 1.54) is 4.57 Å². The van der Waals surface area contributed by atoms with E-state index < -0.39 is 5.76 Å². The third-order valence-corrected chi connectivity index (χ3v) is 5.13. The van der Waals surface area contributed by atoms with Crippen LogP contribution in [0.4, 0.5) is 4.79 Å². The molecule has 1 aliphatic rings. The summed E-state index contributed by atoms with van der Waals surface area (Å²) < 4.78 is 6.66. The number of oxazole rings is 1. The largest absolute Gasteiger partial charge is 0.420 e. The van der Waals surface area contributed by atoms with E-state index in [4.69, 9.17) is 4.42 Å². The number of benzene rings is 1. The molecular formula is C18H25N3O4. The predicted molar refractivity (Wildman–Crippen MR) is 94.5 cm³/mol. The number of carbonyl (C=O) groups excluding carboxylic acids is 1. The van der Waals surface area contributed by atoms with Gasteiger partial charge in [-0.1, -0.05) is 31.9 Å². The molecule has 7 heteroatoms. The number of aromatic nitrogens is 1. The van der Waals surface area contributed by atoms with Crippen LogP contribution >= 0.6 is 0 Å². The lowest BCUT2D eigenvalue weighted by Gasteiger charge is -2.38. The van der Waals surface area contributed by atoms with Gasteiger partial charge in [-0.05, 0) is 25.0 Å². The maximum atomic E-state index is 12.0. The molecule has 0 aliphatic heterocycles. The molecule has 136 valence electrons. The van der Waals surface area contributed by atoms with Crippen LogP contribution in [0.15, 0.2) is 33.5 Å². The van der Waals surface area contributed by atoms with Crippen LogP contribution in [0.3, 0.4) is 0 Å². The summed E-state index contributed by atoms with van der Waals surface area (Å²) in [5.74, 6) is -0.429. The van der Waals surface area contributed by atoms with Gasteiger partial charge in [0.2, 0.25) is 0 Å². The second-order valence-corrected chi connectivity index (χ2v) is 7.01. The number of aliphatic hydroxyl groups excluding tert-OH is 1. The van der Waals surface area contributed by atoms with Gasteiger partial charge in [-0.15, -0.1) is 0 Å². The van der Waals surface area contributed by atoms with Crippen LogP contribution in [0.1, 0.15) is 32.6 Å². The number of nitrogens with zero attached hydrogens (tertiary/aromatic N) is 1. The predicted octanol–water partition coefficient (Wildman–Crippen LogP) is 1.83. The summed E-state index contributed by atoms with van der Waals surface area (Å²) in [6, 6.07) is 6.90. The SMILES string of the molecule is CC1(CNC(=O)NCCn2c(=O)oc3ccccc32)CCCCC1O. The number of nitrogens with one attached hydrogen (secondary N) is 2. The molecule has 0 saturated heterocycles. The molecule has 3 N–H and O–H groups in total. The molecular weight excluding hydrogens is 322 g/mol. The highest BCUT2D eigenvalue weighted by Crippen LogP contribution is 2.35. The Balaban J connectivity index is 1.49. The van der Waals surface area contributed by atoms with Gasteiger partial charge in [-0.25, -0.2) is 9.59 Å². The molecule has 0 bridgehead atoms. The molecule has 1 fully saturated rings. The number of rotatable bonds is 5. The lowest BCUT2D eigenvalue weighted by atomic mass is 9.73. The number of fused-ring (bicyclic) bond motifs is 1. The minimum Gasteiger partial charge on any atom is -0.408 e. The number of amides is 2. The van der Waals surface area contributed by atoms with Crippen molar-refractivity contribution in [2.24, 2.45) is 5.41 Å². The van der Waals surface area contributed by atoms with Crippen molar-refractivity contribution < 1.29 is 14.3 Å². The van der Waals surface area contributed by atoms with E-state index in [0.29, 0.717) is 30.7 Å². The third kappa shape index (κ3) is 3.87. The highest BCUT2D eigenvalue weighted by atomic mass is 16.4. The number of carbonyl (C=O) groups is 1. The molecule has 2 atom stereocenters. The number of hydrogen-bond donors (Lipinski definition) is 3. The Bertz CT molecular complexity index is 797. The first-order valence-corrected chi connectivity index (χ1v) is 8.78. The van der Waals surface area contributed by atoms with Crippen LogP contribution in [0, 0.1) is 5.41 Å².